The first-order valence-corrected chi connectivity index (χ1v) is 6.30. The van der Waals surface area contributed by atoms with Crippen molar-refractivity contribution in [1.82, 2.24) is 4.98 Å². The average Bonchev–Trinajstić information content (AvgIpc) is 2.67. The molecule has 1 aromatic heterocycles. The molecule has 14 heavy (non-hydrogen) atoms. The van der Waals surface area contributed by atoms with E-state index in [0.29, 0.717) is 11.2 Å². The van der Waals surface area contributed by atoms with Gasteiger partial charge in [-0.2, -0.15) is 0 Å². The highest BCUT2D eigenvalue weighted by atomic mass is 35.5. The zero-order valence-corrected chi connectivity index (χ0v) is 10.0. The number of anilines is 1. The third kappa shape index (κ3) is 2.04. The predicted octanol–water partition coefficient (Wildman–Crippen LogP) is 3.64. The number of halogens is 1. The van der Waals surface area contributed by atoms with E-state index < -0.39 is 0 Å². The topological polar surface area (TPSA) is 24.9 Å². The minimum absolute atomic E-state index is 0.576. The summed E-state index contributed by atoms with van der Waals surface area (Å²) in [4.78, 5) is 4.21. The molecular formula is C10H15ClN2S. The lowest BCUT2D eigenvalue weighted by atomic mass is 9.98. The second-order valence-electron chi connectivity index (χ2n) is 4.14. The molecule has 0 spiro atoms. The van der Waals surface area contributed by atoms with Crippen LogP contribution in [0.4, 0.5) is 5.13 Å². The SMILES string of the molecule is CC1CCC(Nc2nc(Cl)cs2)C1C. The Morgan fingerprint density at radius 2 is 2.29 bits per heavy atom. The Balaban J connectivity index is 1.98. The molecule has 3 unspecified atom stereocenters. The van der Waals surface area contributed by atoms with Gasteiger partial charge in [0.25, 0.3) is 0 Å². The van der Waals surface area contributed by atoms with Crippen LogP contribution >= 0.6 is 22.9 Å². The Hall–Kier alpha value is -0.280. The number of hydrogen-bond acceptors (Lipinski definition) is 3. The summed E-state index contributed by atoms with van der Waals surface area (Å²) in [5.41, 5.74) is 0. The lowest BCUT2D eigenvalue weighted by molar-refractivity contribution is 0.435. The molecule has 0 bridgehead atoms. The smallest absolute Gasteiger partial charge is 0.184 e. The van der Waals surface area contributed by atoms with Gasteiger partial charge in [-0.05, 0) is 24.7 Å². The molecule has 0 radical (unpaired) electrons. The zero-order valence-electron chi connectivity index (χ0n) is 8.46. The van der Waals surface area contributed by atoms with Crippen molar-refractivity contribution < 1.29 is 0 Å². The molecule has 1 aliphatic rings. The lowest BCUT2D eigenvalue weighted by Gasteiger charge is -2.18. The van der Waals surface area contributed by atoms with Crippen molar-refractivity contribution >= 4 is 28.1 Å². The first-order chi connectivity index (χ1) is 6.66. The molecule has 1 aromatic rings. The van der Waals surface area contributed by atoms with Crippen LogP contribution in [0.25, 0.3) is 0 Å². The van der Waals surface area contributed by atoms with Gasteiger partial charge in [0.15, 0.2) is 5.13 Å². The highest BCUT2D eigenvalue weighted by Gasteiger charge is 2.29. The summed E-state index contributed by atoms with van der Waals surface area (Å²) in [6.07, 6.45) is 2.57. The van der Waals surface area contributed by atoms with Crippen LogP contribution in [0.3, 0.4) is 0 Å². The third-order valence-electron chi connectivity index (χ3n) is 3.25. The van der Waals surface area contributed by atoms with Crippen molar-refractivity contribution in [2.24, 2.45) is 11.8 Å². The molecule has 1 N–H and O–H groups in total. The van der Waals surface area contributed by atoms with E-state index in [1.54, 1.807) is 11.3 Å². The van der Waals surface area contributed by atoms with Crippen LogP contribution in [0.15, 0.2) is 5.38 Å². The Morgan fingerprint density at radius 3 is 2.79 bits per heavy atom. The van der Waals surface area contributed by atoms with Crippen LogP contribution in [-0.2, 0) is 0 Å². The molecule has 1 aliphatic carbocycles. The largest absolute Gasteiger partial charge is 0.358 e. The fourth-order valence-electron chi connectivity index (χ4n) is 2.05. The molecule has 0 aromatic carbocycles. The second kappa shape index (κ2) is 4.07. The van der Waals surface area contributed by atoms with Crippen LogP contribution in [0.1, 0.15) is 26.7 Å². The van der Waals surface area contributed by atoms with Gasteiger partial charge in [0, 0.05) is 11.4 Å². The zero-order chi connectivity index (χ0) is 10.1. The molecule has 3 atom stereocenters. The maximum Gasteiger partial charge on any atom is 0.184 e. The number of rotatable bonds is 2. The summed E-state index contributed by atoms with van der Waals surface area (Å²) in [5.74, 6) is 1.56. The summed E-state index contributed by atoms with van der Waals surface area (Å²) < 4.78 is 0. The Morgan fingerprint density at radius 1 is 1.50 bits per heavy atom. The molecule has 1 heterocycles. The van der Waals surface area contributed by atoms with E-state index in [-0.39, 0.29) is 0 Å². The van der Waals surface area contributed by atoms with Gasteiger partial charge >= 0.3 is 0 Å². The van der Waals surface area contributed by atoms with Gasteiger partial charge < -0.3 is 5.32 Å². The summed E-state index contributed by atoms with van der Waals surface area (Å²) in [7, 11) is 0. The van der Waals surface area contributed by atoms with E-state index in [0.717, 1.165) is 17.0 Å². The molecule has 1 fully saturated rings. The maximum absolute atomic E-state index is 5.77. The van der Waals surface area contributed by atoms with Crippen LogP contribution < -0.4 is 5.32 Å². The van der Waals surface area contributed by atoms with Crippen molar-refractivity contribution in [3.63, 3.8) is 0 Å². The molecule has 1 saturated carbocycles. The van der Waals surface area contributed by atoms with Gasteiger partial charge in [-0.25, -0.2) is 4.98 Å². The summed E-state index contributed by atoms with van der Waals surface area (Å²) in [5, 5.41) is 6.89. The van der Waals surface area contributed by atoms with E-state index in [1.807, 2.05) is 5.38 Å². The Bertz CT molecular complexity index is 313. The fourth-order valence-corrected chi connectivity index (χ4v) is 2.95. The third-order valence-corrected chi connectivity index (χ3v) is 4.35. The monoisotopic (exact) mass is 230 g/mol. The number of hydrogen-bond donors (Lipinski definition) is 1. The van der Waals surface area contributed by atoms with Crippen LogP contribution in [0.5, 0.6) is 0 Å². The van der Waals surface area contributed by atoms with E-state index >= 15 is 0 Å². The molecule has 0 amide bonds. The van der Waals surface area contributed by atoms with Crippen LogP contribution in [-0.4, -0.2) is 11.0 Å². The number of aromatic nitrogens is 1. The fraction of sp³-hybridized carbons (Fsp3) is 0.700. The van der Waals surface area contributed by atoms with Crippen LogP contribution in [0, 0.1) is 11.8 Å². The summed E-state index contributed by atoms with van der Waals surface area (Å²) in [6.45, 7) is 4.63. The lowest BCUT2D eigenvalue weighted by Crippen LogP contribution is -2.23. The first kappa shape index (κ1) is 10.2. The van der Waals surface area contributed by atoms with Gasteiger partial charge in [0.1, 0.15) is 5.15 Å². The van der Waals surface area contributed by atoms with Crippen molar-refractivity contribution in [3.8, 4) is 0 Å². The highest BCUT2D eigenvalue weighted by Crippen LogP contribution is 2.34. The van der Waals surface area contributed by atoms with Gasteiger partial charge in [-0.3, -0.25) is 0 Å². The minimum atomic E-state index is 0.576. The van der Waals surface area contributed by atoms with E-state index in [9.17, 15) is 0 Å². The van der Waals surface area contributed by atoms with E-state index in [2.05, 4.69) is 24.1 Å². The van der Waals surface area contributed by atoms with Crippen molar-refractivity contribution in [2.45, 2.75) is 32.7 Å². The van der Waals surface area contributed by atoms with Crippen molar-refractivity contribution in [3.05, 3.63) is 10.5 Å². The second-order valence-corrected chi connectivity index (χ2v) is 5.39. The standard InChI is InChI=1S/C10H15ClN2S/c1-6-3-4-8(7(6)2)12-10-13-9(11)5-14-10/h5-8H,3-4H2,1-2H3,(H,12,13). The van der Waals surface area contributed by atoms with Gasteiger partial charge in [0.2, 0.25) is 0 Å². The number of thiazole rings is 1. The Labute approximate surface area is 93.7 Å². The Kier molecular flexibility index (Phi) is 2.98. The van der Waals surface area contributed by atoms with Crippen LogP contribution in [0.2, 0.25) is 5.15 Å². The summed E-state index contributed by atoms with van der Waals surface area (Å²) in [6, 6.07) is 0.576. The minimum Gasteiger partial charge on any atom is -0.358 e. The van der Waals surface area contributed by atoms with Crippen molar-refractivity contribution in [1.29, 1.82) is 0 Å². The van der Waals surface area contributed by atoms with E-state index in [4.69, 9.17) is 11.6 Å². The predicted molar refractivity (Wildman–Crippen MR) is 62.1 cm³/mol. The molecule has 4 heteroatoms. The number of nitrogens with zero attached hydrogens (tertiary/aromatic N) is 1. The van der Waals surface area contributed by atoms with Gasteiger partial charge in [0.05, 0.1) is 0 Å². The molecular weight excluding hydrogens is 216 g/mol. The average molecular weight is 231 g/mol. The van der Waals surface area contributed by atoms with E-state index in [1.165, 1.54) is 12.8 Å². The molecule has 2 rings (SSSR count). The molecule has 78 valence electrons. The maximum atomic E-state index is 5.77. The van der Waals surface area contributed by atoms with Gasteiger partial charge in [-0.15, -0.1) is 11.3 Å². The normalized spacial score (nSPS) is 32.1. The van der Waals surface area contributed by atoms with Gasteiger partial charge in [-0.1, -0.05) is 25.4 Å². The molecule has 0 aliphatic heterocycles. The van der Waals surface area contributed by atoms with Crippen molar-refractivity contribution in [2.75, 3.05) is 5.32 Å². The number of nitrogens with one attached hydrogen (secondary N) is 1. The summed E-state index contributed by atoms with van der Waals surface area (Å²) >= 11 is 7.36. The highest BCUT2D eigenvalue weighted by molar-refractivity contribution is 7.14. The first-order valence-electron chi connectivity index (χ1n) is 5.04. The molecule has 0 saturated heterocycles. The molecule has 2 nitrogen and oxygen atoms in total. The quantitative estimate of drug-likeness (QED) is 0.839.